The van der Waals surface area contributed by atoms with Crippen LogP contribution in [0, 0.1) is 6.92 Å². The highest BCUT2D eigenvalue weighted by Gasteiger charge is 2.21. The van der Waals surface area contributed by atoms with Crippen LogP contribution in [0.15, 0.2) is 18.2 Å². The first-order valence-electron chi connectivity index (χ1n) is 8.00. The number of rotatable bonds is 4. The first-order chi connectivity index (χ1) is 10.1. The Hall–Kier alpha value is -1.55. The first kappa shape index (κ1) is 15.8. The molecule has 1 aromatic rings. The molecule has 1 amide bonds. The summed E-state index contributed by atoms with van der Waals surface area (Å²) in [5, 5.41) is 3.00. The minimum atomic E-state index is 0.0593. The lowest BCUT2D eigenvalue weighted by Crippen LogP contribution is -2.40. The zero-order valence-electron chi connectivity index (χ0n) is 13.2. The second kappa shape index (κ2) is 7.46. The summed E-state index contributed by atoms with van der Waals surface area (Å²) in [7, 11) is 0. The van der Waals surface area contributed by atoms with E-state index in [2.05, 4.69) is 17.1 Å². The summed E-state index contributed by atoms with van der Waals surface area (Å²) in [6, 6.07) is 6.18. The van der Waals surface area contributed by atoms with E-state index in [0.717, 1.165) is 24.2 Å². The zero-order valence-corrected chi connectivity index (χ0v) is 13.2. The Balaban J connectivity index is 1.98. The van der Waals surface area contributed by atoms with Crippen molar-refractivity contribution in [2.45, 2.75) is 52.0 Å². The average Bonchev–Trinajstić information content (AvgIpc) is 2.69. The van der Waals surface area contributed by atoms with Gasteiger partial charge in [0.15, 0.2) is 0 Å². The molecule has 0 aromatic heterocycles. The van der Waals surface area contributed by atoms with E-state index >= 15 is 0 Å². The third kappa shape index (κ3) is 4.21. The summed E-state index contributed by atoms with van der Waals surface area (Å²) in [6.07, 6.45) is 6.08. The maximum atomic E-state index is 12.3. The van der Waals surface area contributed by atoms with Gasteiger partial charge in [0.05, 0.1) is 6.54 Å². The number of hydrogen-bond acceptors (Lipinski definition) is 3. The fourth-order valence-electron chi connectivity index (χ4n) is 3.07. The number of benzene rings is 1. The largest absolute Gasteiger partial charge is 0.398 e. The summed E-state index contributed by atoms with van der Waals surface area (Å²) >= 11 is 0. The van der Waals surface area contributed by atoms with Gasteiger partial charge in [0.2, 0.25) is 5.91 Å². The highest BCUT2D eigenvalue weighted by molar-refractivity contribution is 5.93. The van der Waals surface area contributed by atoms with Crippen molar-refractivity contribution in [3.05, 3.63) is 23.8 Å². The van der Waals surface area contributed by atoms with Crippen LogP contribution >= 0.6 is 0 Å². The molecule has 4 nitrogen and oxygen atoms in total. The highest BCUT2D eigenvalue weighted by atomic mass is 16.2. The molecule has 1 saturated heterocycles. The quantitative estimate of drug-likeness (QED) is 0.837. The minimum absolute atomic E-state index is 0.0593. The molecule has 0 aliphatic carbocycles. The topological polar surface area (TPSA) is 58.4 Å². The third-order valence-electron chi connectivity index (χ3n) is 4.47. The molecular weight excluding hydrogens is 262 g/mol. The van der Waals surface area contributed by atoms with Crippen molar-refractivity contribution in [2.75, 3.05) is 24.1 Å². The van der Waals surface area contributed by atoms with Gasteiger partial charge in [-0.3, -0.25) is 9.69 Å². The fourth-order valence-corrected chi connectivity index (χ4v) is 3.07. The number of likely N-dealkylation sites (tertiary alicyclic amines) is 1. The van der Waals surface area contributed by atoms with Gasteiger partial charge in [-0.1, -0.05) is 25.8 Å². The van der Waals surface area contributed by atoms with Gasteiger partial charge in [0.1, 0.15) is 0 Å². The molecule has 1 fully saturated rings. The lowest BCUT2D eigenvalue weighted by molar-refractivity contribution is -0.117. The predicted octanol–water partition coefficient (Wildman–Crippen LogP) is 3.17. The molecule has 1 atom stereocenters. The molecule has 1 heterocycles. The van der Waals surface area contributed by atoms with E-state index in [-0.39, 0.29) is 5.91 Å². The number of nitrogen functional groups attached to an aromatic ring is 1. The predicted molar refractivity (Wildman–Crippen MR) is 88.3 cm³/mol. The zero-order chi connectivity index (χ0) is 15.2. The van der Waals surface area contributed by atoms with E-state index in [1.807, 2.05) is 25.1 Å². The molecule has 1 aromatic carbocycles. The Labute approximate surface area is 127 Å². The van der Waals surface area contributed by atoms with Crippen LogP contribution < -0.4 is 11.1 Å². The summed E-state index contributed by atoms with van der Waals surface area (Å²) in [6.45, 7) is 5.66. The number of nitrogens with two attached hydrogens (primary N) is 1. The van der Waals surface area contributed by atoms with Crippen molar-refractivity contribution < 1.29 is 4.79 Å². The van der Waals surface area contributed by atoms with Crippen LogP contribution in [0.1, 0.15) is 44.6 Å². The number of nitrogens with zero attached hydrogens (tertiary/aromatic N) is 1. The van der Waals surface area contributed by atoms with E-state index in [4.69, 9.17) is 5.73 Å². The molecule has 2 rings (SSSR count). The summed E-state index contributed by atoms with van der Waals surface area (Å²) < 4.78 is 0. The molecule has 1 unspecified atom stereocenters. The smallest absolute Gasteiger partial charge is 0.238 e. The Morgan fingerprint density at radius 3 is 2.95 bits per heavy atom. The van der Waals surface area contributed by atoms with Gasteiger partial charge >= 0.3 is 0 Å². The Morgan fingerprint density at radius 2 is 2.19 bits per heavy atom. The van der Waals surface area contributed by atoms with Crippen LogP contribution in [0.4, 0.5) is 11.4 Å². The van der Waals surface area contributed by atoms with Crippen molar-refractivity contribution in [1.29, 1.82) is 0 Å². The van der Waals surface area contributed by atoms with Gasteiger partial charge in [-0.05, 0) is 50.4 Å². The normalized spacial score (nSPS) is 20.0. The van der Waals surface area contributed by atoms with E-state index < -0.39 is 0 Å². The van der Waals surface area contributed by atoms with Crippen molar-refractivity contribution in [3.8, 4) is 0 Å². The number of anilines is 2. The second-order valence-electron chi connectivity index (χ2n) is 5.95. The Bertz CT molecular complexity index is 487. The van der Waals surface area contributed by atoms with E-state index in [0.29, 0.717) is 18.3 Å². The molecular formula is C17H27N3O. The van der Waals surface area contributed by atoms with Crippen LogP contribution in [-0.4, -0.2) is 29.9 Å². The van der Waals surface area contributed by atoms with Crippen LogP contribution in [0.25, 0.3) is 0 Å². The van der Waals surface area contributed by atoms with Gasteiger partial charge < -0.3 is 11.1 Å². The highest BCUT2D eigenvalue weighted by Crippen LogP contribution is 2.22. The SMILES string of the molecule is CCC1CCCCCN1CC(=O)Nc1cccc(N)c1C. The number of amides is 1. The minimum Gasteiger partial charge on any atom is -0.398 e. The van der Waals surface area contributed by atoms with E-state index in [9.17, 15) is 4.79 Å². The number of carbonyl (C=O) groups excluding carboxylic acids is 1. The Morgan fingerprint density at radius 1 is 1.38 bits per heavy atom. The third-order valence-corrected chi connectivity index (χ3v) is 4.47. The van der Waals surface area contributed by atoms with Gasteiger partial charge in [-0.15, -0.1) is 0 Å². The average molecular weight is 289 g/mol. The standard InChI is InChI=1S/C17H27N3O/c1-3-14-8-5-4-6-11-20(14)12-17(21)19-16-10-7-9-15(18)13(16)2/h7,9-10,14H,3-6,8,11-12,18H2,1-2H3,(H,19,21). The van der Waals surface area contributed by atoms with Crippen LogP contribution in [-0.2, 0) is 4.79 Å². The molecule has 1 aliphatic heterocycles. The van der Waals surface area contributed by atoms with Gasteiger partial charge in [-0.25, -0.2) is 0 Å². The number of nitrogens with one attached hydrogen (secondary N) is 1. The summed E-state index contributed by atoms with van der Waals surface area (Å²) in [5.74, 6) is 0.0593. The molecule has 0 saturated carbocycles. The lowest BCUT2D eigenvalue weighted by atomic mass is 10.1. The molecule has 21 heavy (non-hydrogen) atoms. The molecule has 1 aliphatic rings. The van der Waals surface area contributed by atoms with Crippen molar-refractivity contribution in [3.63, 3.8) is 0 Å². The summed E-state index contributed by atoms with van der Waals surface area (Å²) in [5.41, 5.74) is 8.36. The molecule has 0 radical (unpaired) electrons. The summed E-state index contributed by atoms with van der Waals surface area (Å²) in [4.78, 5) is 14.7. The molecule has 4 heteroatoms. The fraction of sp³-hybridized carbons (Fsp3) is 0.588. The molecule has 0 spiro atoms. The maximum Gasteiger partial charge on any atom is 0.238 e. The van der Waals surface area contributed by atoms with Crippen LogP contribution in [0.2, 0.25) is 0 Å². The van der Waals surface area contributed by atoms with E-state index in [1.54, 1.807) is 0 Å². The Kier molecular flexibility index (Phi) is 5.62. The van der Waals surface area contributed by atoms with Gasteiger partial charge in [-0.2, -0.15) is 0 Å². The van der Waals surface area contributed by atoms with Crippen molar-refractivity contribution in [1.82, 2.24) is 4.90 Å². The first-order valence-corrected chi connectivity index (χ1v) is 8.00. The number of carbonyl (C=O) groups is 1. The lowest BCUT2D eigenvalue weighted by Gasteiger charge is -2.28. The van der Waals surface area contributed by atoms with E-state index in [1.165, 1.54) is 25.7 Å². The molecule has 116 valence electrons. The number of hydrogen-bond donors (Lipinski definition) is 2. The van der Waals surface area contributed by atoms with Crippen molar-refractivity contribution in [2.24, 2.45) is 0 Å². The monoisotopic (exact) mass is 289 g/mol. The molecule has 3 N–H and O–H groups in total. The molecule has 0 bridgehead atoms. The van der Waals surface area contributed by atoms with Gasteiger partial charge in [0.25, 0.3) is 0 Å². The van der Waals surface area contributed by atoms with Crippen molar-refractivity contribution >= 4 is 17.3 Å². The second-order valence-corrected chi connectivity index (χ2v) is 5.95. The van der Waals surface area contributed by atoms with Crippen LogP contribution in [0.5, 0.6) is 0 Å². The van der Waals surface area contributed by atoms with Crippen LogP contribution in [0.3, 0.4) is 0 Å². The maximum absolute atomic E-state index is 12.3. The van der Waals surface area contributed by atoms with Gasteiger partial charge in [0, 0.05) is 17.4 Å².